The molecule has 3 rings (SSSR count). The van der Waals surface area contributed by atoms with Crippen LogP contribution in [0, 0.1) is 20.8 Å². The van der Waals surface area contributed by atoms with Crippen LogP contribution in [-0.2, 0) is 0 Å². The van der Waals surface area contributed by atoms with Crippen molar-refractivity contribution in [1.29, 1.82) is 0 Å². The minimum atomic E-state index is 0.754. The van der Waals surface area contributed by atoms with Crippen LogP contribution in [0.25, 0.3) is 10.9 Å². The summed E-state index contributed by atoms with van der Waals surface area (Å²) >= 11 is 6.02. The number of hydrogen-bond acceptors (Lipinski definition) is 2. The van der Waals surface area contributed by atoms with Gasteiger partial charge in [-0.3, -0.25) is 4.98 Å². The first-order valence-corrected chi connectivity index (χ1v) is 7.31. The Balaban J connectivity index is 2.12. The number of fused-ring (bicyclic) bond motifs is 1. The molecule has 3 heteroatoms. The molecular weight excluding hydrogens is 280 g/mol. The second-order valence-corrected chi connectivity index (χ2v) is 5.86. The molecular formula is C18H17ClN2. The quantitative estimate of drug-likeness (QED) is 0.670. The number of hydrogen-bond donors (Lipinski definition) is 1. The Bertz CT molecular complexity index is 825. The smallest absolute Gasteiger partial charge is 0.0752 e. The Labute approximate surface area is 129 Å². The van der Waals surface area contributed by atoms with Gasteiger partial charge in [0.2, 0.25) is 0 Å². The third-order valence-electron chi connectivity index (χ3n) is 3.64. The van der Waals surface area contributed by atoms with Gasteiger partial charge in [-0.2, -0.15) is 0 Å². The number of aromatic nitrogens is 1. The lowest BCUT2D eigenvalue weighted by molar-refractivity contribution is 1.33. The Morgan fingerprint density at radius 3 is 2.48 bits per heavy atom. The molecule has 3 aromatic rings. The van der Waals surface area contributed by atoms with E-state index in [1.807, 2.05) is 37.4 Å². The molecule has 2 aromatic carbocycles. The molecule has 2 nitrogen and oxygen atoms in total. The van der Waals surface area contributed by atoms with Crippen LogP contribution in [0.5, 0.6) is 0 Å². The standard InChI is InChI=1S/C18H17ClN2/c1-11-8-13(3)18-15(9-11)17(6-7-20-18)21-16-5-4-14(19)10-12(16)2/h4-10H,1-3H3,(H,20,21). The molecule has 0 atom stereocenters. The van der Waals surface area contributed by atoms with Gasteiger partial charge in [0.1, 0.15) is 0 Å². The summed E-state index contributed by atoms with van der Waals surface area (Å²) in [5.74, 6) is 0. The van der Waals surface area contributed by atoms with Crippen molar-refractivity contribution in [3.63, 3.8) is 0 Å². The van der Waals surface area contributed by atoms with Crippen molar-refractivity contribution >= 4 is 33.9 Å². The van der Waals surface area contributed by atoms with Crippen molar-refractivity contribution < 1.29 is 0 Å². The summed E-state index contributed by atoms with van der Waals surface area (Å²) in [4.78, 5) is 4.50. The highest BCUT2D eigenvalue weighted by molar-refractivity contribution is 6.30. The third kappa shape index (κ3) is 2.72. The van der Waals surface area contributed by atoms with E-state index in [1.165, 1.54) is 11.1 Å². The third-order valence-corrected chi connectivity index (χ3v) is 3.87. The van der Waals surface area contributed by atoms with E-state index in [1.54, 1.807) is 0 Å². The summed E-state index contributed by atoms with van der Waals surface area (Å²) in [5, 5.41) is 5.40. The molecule has 0 aliphatic rings. The lowest BCUT2D eigenvalue weighted by Crippen LogP contribution is -1.96. The Morgan fingerprint density at radius 2 is 1.71 bits per heavy atom. The maximum atomic E-state index is 6.02. The van der Waals surface area contributed by atoms with E-state index >= 15 is 0 Å². The Kier molecular flexibility index (Phi) is 3.56. The predicted molar refractivity (Wildman–Crippen MR) is 90.7 cm³/mol. The molecule has 0 aliphatic carbocycles. The highest BCUT2D eigenvalue weighted by Gasteiger charge is 2.07. The lowest BCUT2D eigenvalue weighted by Gasteiger charge is -2.13. The maximum absolute atomic E-state index is 6.02. The fourth-order valence-corrected chi connectivity index (χ4v) is 2.86. The molecule has 0 bridgehead atoms. The normalized spacial score (nSPS) is 10.9. The fraction of sp³-hybridized carbons (Fsp3) is 0.167. The van der Waals surface area contributed by atoms with Crippen LogP contribution >= 0.6 is 11.6 Å². The zero-order chi connectivity index (χ0) is 15.0. The van der Waals surface area contributed by atoms with E-state index < -0.39 is 0 Å². The summed E-state index contributed by atoms with van der Waals surface area (Å²) in [5.41, 5.74) is 6.72. The molecule has 106 valence electrons. The van der Waals surface area contributed by atoms with E-state index in [-0.39, 0.29) is 0 Å². The van der Waals surface area contributed by atoms with Gasteiger partial charge < -0.3 is 5.32 Å². The molecule has 0 unspecified atom stereocenters. The topological polar surface area (TPSA) is 24.9 Å². The fourth-order valence-electron chi connectivity index (χ4n) is 2.63. The number of benzene rings is 2. The van der Waals surface area contributed by atoms with Gasteiger partial charge in [-0.05, 0) is 62.2 Å². The first-order chi connectivity index (χ1) is 10.0. The average molecular weight is 297 g/mol. The number of aryl methyl sites for hydroxylation is 3. The minimum Gasteiger partial charge on any atom is -0.355 e. The van der Waals surface area contributed by atoms with Gasteiger partial charge >= 0.3 is 0 Å². The second-order valence-electron chi connectivity index (χ2n) is 5.42. The zero-order valence-electron chi connectivity index (χ0n) is 12.4. The van der Waals surface area contributed by atoms with E-state index in [0.717, 1.165) is 32.9 Å². The van der Waals surface area contributed by atoms with E-state index in [4.69, 9.17) is 11.6 Å². The lowest BCUT2D eigenvalue weighted by atomic mass is 10.1. The molecule has 0 saturated heterocycles. The average Bonchev–Trinajstić information content (AvgIpc) is 2.42. The largest absolute Gasteiger partial charge is 0.355 e. The van der Waals surface area contributed by atoms with Gasteiger partial charge in [-0.15, -0.1) is 0 Å². The molecule has 21 heavy (non-hydrogen) atoms. The van der Waals surface area contributed by atoms with Gasteiger partial charge in [-0.1, -0.05) is 23.2 Å². The molecule has 1 N–H and O–H groups in total. The highest BCUT2D eigenvalue weighted by atomic mass is 35.5. The first-order valence-electron chi connectivity index (χ1n) is 6.94. The highest BCUT2D eigenvalue weighted by Crippen LogP contribution is 2.30. The van der Waals surface area contributed by atoms with Crippen LogP contribution in [0.3, 0.4) is 0 Å². The van der Waals surface area contributed by atoms with Crippen LogP contribution < -0.4 is 5.32 Å². The molecule has 0 spiro atoms. The van der Waals surface area contributed by atoms with Crippen molar-refractivity contribution in [3.8, 4) is 0 Å². The number of nitrogens with one attached hydrogen (secondary N) is 1. The van der Waals surface area contributed by atoms with Crippen molar-refractivity contribution in [2.45, 2.75) is 20.8 Å². The van der Waals surface area contributed by atoms with E-state index in [0.29, 0.717) is 0 Å². The zero-order valence-corrected chi connectivity index (χ0v) is 13.1. The van der Waals surface area contributed by atoms with Crippen LogP contribution in [-0.4, -0.2) is 4.98 Å². The number of nitrogens with zero attached hydrogens (tertiary/aromatic N) is 1. The van der Waals surface area contributed by atoms with Crippen molar-refractivity contribution in [2.24, 2.45) is 0 Å². The van der Waals surface area contributed by atoms with Crippen molar-refractivity contribution in [3.05, 3.63) is 64.3 Å². The molecule has 0 fully saturated rings. The SMILES string of the molecule is Cc1cc(C)c2nccc(Nc3ccc(Cl)cc3C)c2c1. The number of halogens is 1. The van der Waals surface area contributed by atoms with Gasteiger partial charge in [0.25, 0.3) is 0 Å². The van der Waals surface area contributed by atoms with Crippen LogP contribution in [0.15, 0.2) is 42.6 Å². The summed E-state index contributed by atoms with van der Waals surface area (Å²) < 4.78 is 0. The second kappa shape index (κ2) is 5.38. The predicted octanol–water partition coefficient (Wildman–Crippen LogP) is 5.56. The molecule has 1 heterocycles. The van der Waals surface area contributed by atoms with Gasteiger partial charge in [0, 0.05) is 28.0 Å². The molecule has 1 aromatic heterocycles. The number of pyridine rings is 1. The van der Waals surface area contributed by atoms with Crippen LogP contribution in [0.4, 0.5) is 11.4 Å². The summed E-state index contributed by atoms with van der Waals surface area (Å²) in [6.07, 6.45) is 1.85. The van der Waals surface area contributed by atoms with E-state index in [9.17, 15) is 0 Å². The molecule has 0 saturated carbocycles. The number of anilines is 2. The monoisotopic (exact) mass is 296 g/mol. The summed E-state index contributed by atoms with van der Waals surface area (Å²) in [6.45, 7) is 6.25. The van der Waals surface area contributed by atoms with Gasteiger partial charge in [0.05, 0.1) is 5.52 Å². The number of rotatable bonds is 2. The molecule has 0 radical (unpaired) electrons. The minimum absolute atomic E-state index is 0.754. The van der Waals surface area contributed by atoms with E-state index in [2.05, 4.69) is 36.3 Å². The maximum Gasteiger partial charge on any atom is 0.0752 e. The van der Waals surface area contributed by atoms with Gasteiger partial charge in [-0.25, -0.2) is 0 Å². The van der Waals surface area contributed by atoms with Crippen molar-refractivity contribution in [2.75, 3.05) is 5.32 Å². The molecule has 0 aliphatic heterocycles. The first kappa shape index (κ1) is 13.9. The molecule has 0 amide bonds. The van der Waals surface area contributed by atoms with Crippen LogP contribution in [0.2, 0.25) is 5.02 Å². The van der Waals surface area contributed by atoms with Gasteiger partial charge in [0.15, 0.2) is 0 Å². The Hall–Kier alpha value is -2.06. The van der Waals surface area contributed by atoms with Crippen molar-refractivity contribution in [1.82, 2.24) is 4.98 Å². The summed E-state index contributed by atoms with van der Waals surface area (Å²) in [6, 6.07) is 12.2. The summed E-state index contributed by atoms with van der Waals surface area (Å²) in [7, 11) is 0. The Morgan fingerprint density at radius 1 is 0.905 bits per heavy atom. The van der Waals surface area contributed by atoms with Crippen LogP contribution in [0.1, 0.15) is 16.7 Å².